The number of carboxylic acid groups (broad SMARTS) is 1. The van der Waals surface area contributed by atoms with Crippen molar-refractivity contribution < 1.29 is 25.2 Å². The van der Waals surface area contributed by atoms with Crippen LogP contribution >= 0.6 is 0 Å². The monoisotopic (exact) mass is 213 g/mol. The van der Waals surface area contributed by atoms with Crippen molar-refractivity contribution >= 4 is 11.7 Å². The molecule has 0 aliphatic carbocycles. The molecule has 0 fully saturated rings. The molecular weight excluding hydrogens is 202 g/mol. The first-order valence-corrected chi connectivity index (χ1v) is 4.13. The van der Waals surface area contributed by atoms with E-state index in [2.05, 4.69) is 5.32 Å². The third kappa shape index (κ3) is 3.21. The summed E-state index contributed by atoms with van der Waals surface area (Å²) in [5, 5.41) is 37.2. The molecule has 6 nitrogen and oxygen atoms in total. The lowest BCUT2D eigenvalue weighted by molar-refractivity contribution is -0.316. The van der Waals surface area contributed by atoms with E-state index in [4.69, 9.17) is 20.4 Å². The summed E-state index contributed by atoms with van der Waals surface area (Å²) >= 11 is 0. The Morgan fingerprint density at radius 3 is 2.13 bits per heavy atom. The van der Waals surface area contributed by atoms with Gasteiger partial charge in [-0.1, -0.05) is 18.2 Å². The van der Waals surface area contributed by atoms with Gasteiger partial charge in [0.15, 0.2) is 0 Å². The number of carboxylic acids is 1. The van der Waals surface area contributed by atoms with Crippen LogP contribution in [0, 0.1) is 0 Å². The second-order valence-electron chi connectivity index (χ2n) is 2.97. The van der Waals surface area contributed by atoms with Crippen LogP contribution < -0.4 is 5.32 Å². The van der Waals surface area contributed by atoms with E-state index in [1.54, 1.807) is 18.2 Å². The molecule has 1 aromatic rings. The summed E-state index contributed by atoms with van der Waals surface area (Å²) in [5.41, 5.74) is 0.353. The molecule has 0 aromatic heterocycles. The number of aliphatic carboxylic acids is 1. The fourth-order valence-electron chi connectivity index (χ4n) is 1.03. The Bertz CT molecular complexity index is 332. The maximum atomic E-state index is 10.6. The summed E-state index contributed by atoms with van der Waals surface area (Å²) < 4.78 is 0. The molecule has 1 unspecified atom stereocenters. The fraction of sp³-hybridized carbons (Fsp3) is 0.222. The Balaban J connectivity index is 2.82. The molecule has 6 heteroatoms. The summed E-state index contributed by atoms with van der Waals surface area (Å²) in [5.74, 6) is -4.90. The van der Waals surface area contributed by atoms with Gasteiger partial charge >= 0.3 is 11.9 Å². The maximum absolute atomic E-state index is 10.6. The highest BCUT2D eigenvalue weighted by molar-refractivity contribution is 5.78. The molecule has 0 aliphatic rings. The predicted octanol–water partition coefficient (Wildman–Crippen LogP) is -0.818. The standard InChI is InChI=1S/C9H11NO5/c11-8(12)7(9(13,14)15)10-6-4-2-1-3-5-6/h1-5,7,10,13-15H,(H,11,12). The molecule has 82 valence electrons. The lowest BCUT2D eigenvalue weighted by Gasteiger charge is -2.23. The van der Waals surface area contributed by atoms with Gasteiger partial charge in [-0.3, -0.25) is 0 Å². The van der Waals surface area contributed by atoms with Gasteiger partial charge in [0.1, 0.15) is 0 Å². The molecule has 0 saturated heterocycles. The number of aliphatic hydroxyl groups is 3. The SMILES string of the molecule is O=C(O)C(Nc1ccccc1)C(O)(O)O. The first-order valence-electron chi connectivity index (χ1n) is 4.13. The Hall–Kier alpha value is -1.63. The van der Waals surface area contributed by atoms with E-state index in [1.807, 2.05) is 0 Å². The highest BCUT2D eigenvalue weighted by atomic mass is 16.7. The van der Waals surface area contributed by atoms with Gasteiger partial charge in [-0.25, -0.2) is 4.79 Å². The number of hydrogen-bond acceptors (Lipinski definition) is 5. The maximum Gasteiger partial charge on any atom is 0.334 e. The van der Waals surface area contributed by atoms with E-state index in [0.717, 1.165) is 0 Å². The second-order valence-corrected chi connectivity index (χ2v) is 2.97. The van der Waals surface area contributed by atoms with Crippen molar-refractivity contribution in [3.05, 3.63) is 30.3 Å². The van der Waals surface area contributed by atoms with Crippen molar-refractivity contribution in [2.45, 2.75) is 12.0 Å². The Morgan fingerprint density at radius 2 is 1.73 bits per heavy atom. The summed E-state index contributed by atoms with van der Waals surface area (Å²) in [7, 11) is 0. The largest absolute Gasteiger partial charge is 0.479 e. The van der Waals surface area contributed by atoms with Crippen LogP contribution in [-0.2, 0) is 4.79 Å². The van der Waals surface area contributed by atoms with E-state index in [9.17, 15) is 4.79 Å². The van der Waals surface area contributed by atoms with Gasteiger partial charge in [0.25, 0.3) is 0 Å². The minimum Gasteiger partial charge on any atom is -0.479 e. The van der Waals surface area contributed by atoms with E-state index in [-0.39, 0.29) is 0 Å². The van der Waals surface area contributed by atoms with E-state index in [1.165, 1.54) is 12.1 Å². The highest BCUT2D eigenvalue weighted by Crippen LogP contribution is 2.12. The molecule has 0 saturated carbocycles. The molecule has 0 spiro atoms. The zero-order valence-electron chi connectivity index (χ0n) is 7.66. The van der Waals surface area contributed by atoms with Gasteiger partial charge in [0.05, 0.1) is 0 Å². The average Bonchev–Trinajstić information content (AvgIpc) is 2.13. The van der Waals surface area contributed by atoms with Crippen molar-refractivity contribution in [1.29, 1.82) is 0 Å². The Kier molecular flexibility index (Phi) is 3.25. The van der Waals surface area contributed by atoms with Crippen molar-refractivity contribution in [3.63, 3.8) is 0 Å². The molecule has 1 rings (SSSR count). The summed E-state index contributed by atoms with van der Waals surface area (Å²) in [6.07, 6.45) is 0. The lowest BCUT2D eigenvalue weighted by atomic mass is 10.2. The van der Waals surface area contributed by atoms with Gasteiger partial charge in [0, 0.05) is 5.69 Å². The van der Waals surface area contributed by atoms with Gasteiger partial charge < -0.3 is 25.7 Å². The molecule has 0 bridgehead atoms. The van der Waals surface area contributed by atoms with Crippen LogP contribution in [0.5, 0.6) is 0 Å². The van der Waals surface area contributed by atoms with Crippen molar-refractivity contribution in [3.8, 4) is 0 Å². The number of nitrogens with one attached hydrogen (secondary N) is 1. The Morgan fingerprint density at radius 1 is 1.20 bits per heavy atom. The zero-order chi connectivity index (χ0) is 11.5. The number of anilines is 1. The number of para-hydroxylation sites is 1. The second kappa shape index (κ2) is 4.26. The molecule has 0 radical (unpaired) electrons. The molecule has 0 aliphatic heterocycles. The van der Waals surface area contributed by atoms with E-state index in [0.29, 0.717) is 5.69 Å². The molecule has 0 amide bonds. The Labute approximate surface area is 85.4 Å². The molecule has 1 atom stereocenters. The van der Waals surface area contributed by atoms with Gasteiger partial charge in [0.2, 0.25) is 6.04 Å². The average molecular weight is 213 g/mol. The normalized spacial score (nSPS) is 13.3. The van der Waals surface area contributed by atoms with Crippen LogP contribution in [0.1, 0.15) is 0 Å². The van der Waals surface area contributed by atoms with Crippen LogP contribution in [0.3, 0.4) is 0 Å². The molecule has 0 heterocycles. The van der Waals surface area contributed by atoms with Crippen molar-refractivity contribution in [1.82, 2.24) is 0 Å². The minimum atomic E-state index is -3.32. The van der Waals surface area contributed by atoms with Crippen molar-refractivity contribution in [2.24, 2.45) is 0 Å². The summed E-state index contributed by atoms with van der Waals surface area (Å²) in [6.45, 7) is 0. The minimum absolute atomic E-state index is 0.353. The van der Waals surface area contributed by atoms with Gasteiger partial charge in [-0.05, 0) is 12.1 Å². The summed E-state index contributed by atoms with van der Waals surface area (Å²) in [4.78, 5) is 10.6. The van der Waals surface area contributed by atoms with Crippen LogP contribution in [0.2, 0.25) is 0 Å². The summed E-state index contributed by atoms with van der Waals surface area (Å²) in [6, 6.07) is 6.12. The van der Waals surface area contributed by atoms with Gasteiger partial charge in [-0.15, -0.1) is 0 Å². The third-order valence-electron chi connectivity index (χ3n) is 1.72. The fourth-order valence-corrected chi connectivity index (χ4v) is 1.03. The van der Waals surface area contributed by atoms with Crippen LogP contribution in [0.4, 0.5) is 5.69 Å². The number of carbonyl (C=O) groups is 1. The number of hydrogen-bond donors (Lipinski definition) is 5. The quantitative estimate of drug-likeness (QED) is 0.418. The first-order chi connectivity index (χ1) is 6.91. The van der Waals surface area contributed by atoms with Crippen molar-refractivity contribution in [2.75, 3.05) is 5.32 Å². The molecule has 5 N–H and O–H groups in total. The topological polar surface area (TPSA) is 110 Å². The van der Waals surface area contributed by atoms with E-state index >= 15 is 0 Å². The number of benzene rings is 1. The first kappa shape index (κ1) is 11.4. The lowest BCUT2D eigenvalue weighted by Crippen LogP contribution is -2.51. The highest BCUT2D eigenvalue weighted by Gasteiger charge is 2.38. The number of rotatable bonds is 4. The van der Waals surface area contributed by atoms with Gasteiger partial charge in [-0.2, -0.15) is 0 Å². The van der Waals surface area contributed by atoms with E-state index < -0.39 is 18.0 Å². The van der Waals surface area contributed by atoms with Crippen LogP contribution in [-0.4, -0.2) is 38.4 Å². The predicted molar refractivity (Wildman–Crippen MR) is 50.9 cm³/mol. The molecular formula is C9H11NO5. The third-order valence-corrected chi connectivity index (χ3v) is 1.72. The molecule has 15 heavy (non-hydrogen) atoms. The smallest absolute Gasteiger partial charge is 0.334 e. The molecule has 1 aromatic carbocycles. The van der Waals surface area contributed by atoms with Crippen LogP contribution in [0.15, 0.2) is 30.3 Å². The zero-order valence-corrected chi connectivity index (χ0v) is 7.66. The van der Waals surface area contributed by atoms with Crippen LogP contribution in [0.25, 0.3) is 0 Å².